The molecule has 0 aliphatic carbocycles. The Balaban J connectivity index is 2.75. The molecule has 0 bridgehead atoms. The van der Waals surface area contributed by atoms with Gasteiger partial charge in [0.15, 0.2) is 30.7 Å². The van der Waals surface area contributed by atoms with Crippen LogP contribution in [0.4, 0.5) is 0 Å². The largest absolute Gasteiger partial charge is 0.463 e. The molecule has 2 saturated heterocycles. The maximum atomic E-state index is 12.4. The molecule has 2 rings (SSSR count). The Kier molecular flexibility index (Phi) is 14.8. The fraction of sp³-hybridized carbons (Fsp3) is 0.750. The maximum absolute atomic E-state index is 12.4. The molecule has 2 fully saturated rings. The van der Waals surface area contributed by atoms with E-state index in [4.69, 9.17) is 47.4 Å². The van der Waals surface area contributed by atoms with Crippen molar-refractivity contribution in [3.8, 4) is 0 Å². The maximum Gasteiger partial charge on any atom is 0.303 e. The first-order valence-electron chi connectivity index (χ1n) is 14.4. The molecule has 18 nitrogen and oxygen atoms in total. The summed E-state index contributed by atoms with van der Waals surface area (Å²) in [6.45, 7) is 7.80. The topological polar surface area (TPSA) is 232 Å². The van der Waals surface area contributed by atoms with Crippen molar-refractivity contribution in [2.24, 2.45) is 0 Å². The average molecular weight is 697 g/mol. The van der Waals surface area contributed by atoms with Gasteiger partial charge in [0.25, 0.3) is 5.12 Å². The Morgan fingerprint density at radius 2 is 1.04 bits per heavy atom. The van der Waals surface area contributed by atoms with Gasteiger partial charge < -0.3 is 52.5 Å². The zero-order chi connectivity index (χ0) is 35.6. The van der Waals surface area contributed by atoms with Crippen LogP contribution in [-0.2, 0) is 80.9 Å². The van der Waals surface area contributed by atoms with Gasteiger partial charge in [-0.15, -0.1) is 0 Å². The Labute approximate surface area is 274 Å². The quantitative estimate of drug-likeness (QED) is 0.148. The minimum atomic E-state index is -2.37. The molecule has 266 valence electrons. The Hall–Kier alpha value is -3.52. The van der Waals surface area contributed by atoms with Crippen LogP contribution in [0.1, 0.15) is 55.4 Å². The second kappa shape index (κ2) is 17.6. The normalized spacial score (nSPS) is 31.8. The molecule has 2 heterocycles. The van der Waals surface area contributed by atoms with Crippen molar-refractivity contribution in [3.05, 3.63) is 0 Å². The van der Waals surface area contributed by atoms with E-state index in [2.05, 4.69) is 0 Å². The fourth-order valence-electron chi connectivity index (χ4n) is 4.85. The second-order valence-corrected chi connectivity index (χ2v) is 11.7. The Morgan fingerprint density at radius 1 is 0.596 bits per heavy atom. The third-order valence-corrected chi connectivity index (χ3v) is 7.34. The van der Waals surface area contributed by atoms with Crippen LogP contribution in [0.2, 0.25) is 0 Å². The zero-order valence-corrected chi connectivity index (χ0v) is 27.9. The number of carbonyl (C=O) groups excluding carboxylic acids is 7. The van der Waals surface area contributed by atoms with Gasteiger partial charge in [-0.1, -0.05) is 18.7 Å². The minimum absolute atomic E-state index is 0.201. The number of rotatable bonds is 13. The minimum Gasteiger partial charge on any atom is -0.463 e. The van der Waals surface area contributed by atoms with Crippen LogP contribution < -0.4 is 0 Å². The van der Waals surface area contributed by atoms with Crippen LogP contribution in [0.5, 0.6) is 0 Å². The van der Waals surface area contributed by atoms with E-state index in [1.165, 1.54) is 0 Å². The summed E-state index contributed by atoms with van der Waals surface area (Å²) in [6, 6.07) is 0. The molecule has 19 heteroatoms. The van der Waals surface area contributed by atoms with E-state index in [0.29, 0.717) is 0 Å². The van der Waals surface area contributed by atoms with Crippen molar-refractivity contribution in [2.75, 3.05) is 19.0 Å². The van der Waals surface area contributed by atoms with Crippen LogP contribution in [0.25, 0.3) is 0 Å². The standard InChI is InChI=1S/C28H40O18S/c1-9-47-28(36)26(43-18(8)35)24(41-16(6)33)22(20(46-28)11-38-13(3)30)45-27-25(42-17(7)34)23(40-15(5)32)21(39-14(4)31)19(44-27)10-37-12(2)29/h19-27,36H,9-11H2,1-8H3/t19-,20-,21-,22-,23+,24+,25-,26-,27+,28+/m1/s1. The number of hydrogen-bond acceptors (Lipinski definition) is 19. The molecule has 1 N–H and O–H groups in total. The number of aliphatic hydroxyl groups is 1. The number of esters is 7. The molecule has 0 aromatic carbocycles. The molecule has 0 amide bonds. The molecule has 0 aromatic rings. The van der Waals surface area contributed by atoms with Crippen molar-refractivity contribution >= 4 is 53.5 Å². The van der Waals surface area contributed by atoms with E-state index < -0.39 is 115 Å². The molecule has 0 unspecified atom stereocenters. The third kappa shape index (κ3) is 11.6. The lowest BCUT2D eigenvalue weighted by atomic mass is 9.96. The van der Waals surface area contributed by atoms with Crippen molar-refractivity contribution in [1.29, 1.82) is 0 Å². The van der Waals surface area contributed by atoms with E-state index in [0.717, 1.165) is 60.2 Å². The highest BCUT2D eigenvalue weighted by atomic mass is 32.2. The van der Waals surface area contributed by atoms with Crippen LogP contribution >= 0.6 is 11.8 Å². The summed E-state index contributed by atoms with van der Waals surface area (Å²) < 4.78 is 55.4. The summed E-state index contributed by atoms with van der Waals surface area (Å²) in [6.07, 6.45) is -14.6. The van der Waals surface area contributed by atoms with Gasteiger partial charge >= 0.3 is 41.8 Å². The van der Waals surface area contributed by atoms with Crippen molar-refractivity contribution in [3.63, 3.8) is 0 Å². The predicted octanol–water partition coefficient (Wildman–Crippen LogP) is -0.321. The summed E-state index contributed by atoms with van der Waals surface area (Å²) >= 11 is 0.767. The predicted molar refractivity (Wildman–Crippen MR) is 153 cm³/mol. The molecular weight excluding hydrogens is 656 g/mol. The van der Waals surface area contributed by atoms with E-state index in [9.17, 15) is 38.7 Å². The second-order valence-electron chi connectivity index (χ2n) is 10.3. The molecule has 47 heavy (non-hydrogen) atoms. The number of carbonyl (C=O) groups is 7. The average Bonchev–Trinajstić information content (AvgIpc) is 2.92. The van der Waals surface area contributed by atoms with Gasteiger partial charge in [0.1, 0.15) is 31.5 Å². The van der Waals surface area contributed by atoms with Gasteiger partial charge in [0, 0.05) is 48.5 Å². The lowest BCUT2D eigenvalue weighted by Gasteiger charge is -2.50. The fourth-order valence-corrected chi connectivity index (χ4v) is 5.80. The monoisotopic (exact) mass is 696 g/mol. The van der Waals surface area contributed by atoms with Crippen molar-refractivity contribution in [1.82, 2.24) is 0 Å². The van der Waals surface area contributed by atoms with Crippen LogP contribution in [0.15, 0.2) is 0 Å². The summed E-state index contributed by atoms with van der Waals surface area (Å²) in [5, 5.41) is 9.17. The Bertz CT molecular complexity index is 1180. The molecule has 10 atom stereocenters. The summed E-state index contributed by atoms with van der Waals surface area (Å²) in [5.41, 5.74) is 0. The SMILES string of the molecule is CCS[C@@]1(O)O[C@H](COC(C)=O)[C@@H](O[C@@H]2O[C@H](COC(C)=O)[C@@H](OC(C)=O)[C@H](OC(C)=O)[C@H]2OC(C)=O)[C@H](OC(C)=O)[C@H]1OC(C)=O. The number of thioether (sulfide) groups is 1. The molecule has 0 saturated carbocycles. The van der Waals surface area contributed by atoms with Crippen molar-refractivity contribution < 1.29 is 86.0 Å². The highest BCUT2D eigenvalue weighted by molar-refractivity contribution is 8.00. The van der Waals surface area contributed by atoms with Gasteiger partial charge in [-0.2, -0.15) is 0 Å². The van der Waals surface area contributed by atoms with Crippen LogP contribution in [0.3, 0.4) is 0 Å². The van der Waals surface area contributed by atoms with Gasteiger partial charge in [-0.25, -0.2) is 0 Å². The van der Waals surface area contributed by atoms with E-state index in [-0.39, 0.29) is 5.75 Å². The highest BCUT2D eigenvalue weighted by Crippen LogP contribution is 2.42. The lowest BCUT2D eigenvalue weighted by Crippen LogP contribution is -2.69. The summed E-state index contributed by atoms with van der Waals surface area (Å²) in [5.74, 6) is -5.84. The van der Waals surface area contributed by atoms with Crippen molar-refractivity contribution in [2.45, 2.75) is 116 Å². The number of ether oxygens (including phenoxy) is 10. The van der Waals surface area contributed by atoms with Gasteiger partial charge in [-0.05, 0) is 5.75 Å². The smallest absolute Gasteiger partial charge is 0.303 e. The van der Waals surface area contributed by atoms with Gasteiger partial charge in [-0.3, -0.25) is 33.6 Å². The van der Waals surface area contributed by atoms with Gasteiger partial charge in [0.05, 0.1) is 0 Å². The first-order chi connectivity index (χ1) is 21.9. The highest BCUT2D eigenvalue weighted by Gasteiger charge is 2.61. The summed E-state index contributed by atoms with van der Waals surface area (Å²) in [7, 11) is 0. The van der Waals surface area contributed by atoms with E-state index in [1.54, 1.807) is 6.92 Å². The molecular formula is C28H40O18S. The van der Waals surface area contributed by atoms with Crippen LogP contribution in [-0.4, -0.2) is 126 Å². The lowest BCUT2D eigenvalue weighted by molar-refractivity contribution is -0.363. The van der Waals surface area contributed by atoms with E-state index >= 15 is 0 Å². The molecule has 0 aromatic heterocycles. The number of hydrogen-bond donors (Lipinski definition) is 1. The first kappa shape index (κ1) is 39.7. The molecule has 2 aliphatic rings. The Morgan fingerprint density at radius 3 is 1.51 bits per heavy atom. The van der Waals surface area contributed by atoms with Gasteiger partial charge in [0.2, 0.25) is 6.10 Å². The third-order valence-electron chi connectivity index (χ3n) is 6.30. The first-order valence-corrected chi connectivity index (χ1v) is 15.3. The molecule has 0 radical (unpaired) electrons. The van der Waals surface area contributed by atoms with E-state index in [1.807, 2.05) is 0 Å². The molecule has 2 aliphatic heterocycles. The van der Waals surface area contributed by atoms with Crippen LogP contribution in [0, 0.1) is 0 Å². The zero-order valence-electron chi connectivity index (χ0n) is 27.1. The molecule has 0 spiro atoms. The summed E-state index contributed by atoms with van der Waals surface area (Å²) in [4.78, 5) is 84.6.